The van der Waals surface area contributed by atoms with Crippen molar-refractivity contribution in [1.29, 1.82) is 5.26 Å². The molecule has 4 N–H and O–H groups in total. The third-order valence-electron chi connectivity index (χ3n) is 4.89. The normalized spacial score (nSPS) is 11.1. The third-order valence-corrected chi connectivity index (χ3v) is 4.89. The van der Waals surface area contributed by atoms with E-state index in [1.807, 2.05) is 61.5 Å². The SMILES string of the molecule is CCNC(=NCc1cccc(OC)c1)NCCCc1nn(-c2ccccc2)c(N)c1C#N. The van der Waals surface area contributed by atoms with E-state index in [0.717, 1.165) is 35.9 Å². The van der Waals surface area contributed by atoms with Crippen LogP contribution in [-0.2, 0) is 13.0 Å². The molecule has 8 heteroatoms. The summed E-state index contributed by atoms with van der Waals surface area (Å²) in [6.45, 7) is 4.03. The minimum absolute atomic E-state index is 0.370. The van der Waals surface area contributed by atoms with Gasteiger partial charge in [0.2, 0.25) is 0 Å². The number of hydrogen-bond acceptors (Lipinski definition) is 5. The Hall–Kier alpha value is -3.99. The Balaban J connectivity index is 1.59. The number of nitrogens with two attached hydrogens (primary N) is 1. The van der Waals surface area contributed by atoms with Gasteiger partial charge in [0.25, 0.3) is 0 Å². The molecule has 2 aromatic carbocycles. The van der Waals surface area contributed by atoms with E-state index >= 15 is 0 Å². The highest BCUT2D eigenvalue weighted by atomic mass is 16.5. The predicted molar refractivity (Wildman–Crippen MR) is 127 cm³/mol. The van der Waals surface area contributed by atoms with E-state index in [0.29, 0.717) is 36.6 Å². The first kappa shape index (κ1) is 22.7. The zero-order chi connectivity index (χ0) is 22.8. The second-order valence-corrected chi connectivity index (χ2v) is 7.14. The van der Waals surface area contributed by atoms with Gasteiger partial charge in [0.15, 0.2) is 5.96 Å². The van der Waals surface area contributed by atoms with Gasteiger partial charge in [0, 0.05) is 13.1 Å². The lowest BCUT2D eigenvalue weighted by Crippen LogP contribution is -2.37. The second kappa shape index (κ2) is 11.4. The first-order valence-electron chi connectivity index (χ1n) is 10.6. The van der Waals surface area contributed by atoms with Gasteiger partial charge >= 0.3 is 0 Å². The number of methoxy groups -OCH3 is 1. The summed E-state index contributed by atoms with van der Waals surface area (Å²) < 4.78 is 6.89. The molecule has 0 spiro atoms. The topological polar surface area (TPSA) is 113 Å². The molecule has 0 aliphatic carbocycles. The van der Waals surface area contributed by atoms with Crippen molar-refractivity contribution < 1.29 is 4.74 Å². The quantitative estimate of drug-likeness (QED) is 0.273. The van der Waals surface area contributed by atoms with E-state index in [4.69, 9.17) is 10.5 Å². The molecule has 1 heterocycles. The molecule has 166 valence electrons. The van der Waals surface area contributed by atoms with Crippen molar-refractivity contribution in [2.45, 2.75) is 26.3 Å². The van der Waals surface area contributed by atoms with Crippen LogP contribution in [0.2, 0.25) is 0 Å². The van der Waals surface area contributed by atoms with Crippen molar-refractivity contribution >= 4 is 11.8 Å². The van der Waals surface area contributed by atoms with Gasteiger partial charge < -0.3 is 21.1 Å². The molecule has 0 amide bonds. The molecule has 0 saturated carbocycles. The molecule has 3 aromatic rings. The first-order valence-corrected chi connectivity index (χ1v) is 10.6. The number of hydrogen-bond donors (Lipinski definition) is 3. The summed E-state index contributed by atoms with van der Waals surface area (Å²) in [4.78, 5) is 4.64. The van der Waals surface area contributed by atoms with Gasteiger partial charge in [-0.1, -0.05) is 30.3 Å². The molecule has 0 saturated heterocycles. The van der Waals surface area contributed by atoms with E-state index in [2.05, 4.69) is 26.8 Å². The summed E-state index contributed by atoms with van der Waals surface area (Å²) in [5.74, 6) is 1.93. The van der Waals surface area contributed by atoms with Crippen LogP contribution < -0.4 is 21.1 Å². The fourth-order valence-corrected chi connectivity index (χ4v) is 3.29. The smallest absolute Gasteiger partial charge is 0.191 e. The standard InChI is InChI=1S/C24H29N7O/c1-3-27-24(29-17-18-9-7-12-20(15-18)32-2)28-14-8-13-22-21(16-25)23(26)31(30-22)19-10-5-4-6-11-19/h4-7,9-12,15H,3,8,13-14,17,26H2,1-2H3,(H2,27,28,29). The summed E-state index contributed by atoms with van der Waals surface area (Å²) in [5.41, 5.74) is 9.23. The molecule has 0 fully saturated rings. The lowest BCUT2D eigenvalue weighted by molar-refractivity contribution is 0.414. The Kier molecular flexibility index (Phi) is 8.09. The lowest BCUT2D eigenvalue weighted by atomic mass is 10.1. The number of ether oxygens (including phenoxy) is 1. The van der Waals surface area contributed by atoms with Crippen LogP contribution in [0.4, 0.5) is 5.82 Å². The largest absolute Gasteiger partial charge is 0.497 e. The highest BCUT2D eigenvalue weighted by Gasteiger charge is 2.16. The Morgan fingerprint density at radius 1 is 1.19 bits per heavy atom. The van der Waals surface area contributed by atoms with Gasteiger partial charge in [-0.3, -0.25) is 0 Å². The summed E-state index contributed by atoms with van der Waals surface area (Å²) in [5, 5.41) is 20.7. The van der Waals surface area contributed by atoms with Gasteiger partial charge in [-0.2, -0.15) is 10.4 Å². The van der Waals surface area contributed by atoms with E-state index in [1.165, 1.54) is 0 Å². The summed E-state index contributed by atoms with van der Waals surface area (Å²) in [6.07, 6.45) is 1.42. The van der Waals surface area contributed by atoms with Crippen LogP contribution >= 0.6 is 0 Å². The third kappa shape index (κ3) is 5.79. The molecular formula is C24H29N7O. The number of nitriles is 1. The van der Waals surface area contributed by atoms with Gasteiger partial charge in [-0.15, -0.1) is 0 Å². The van der Waals surface area contributed by atoms with Crippen LogP contribution in [0.1, 0.15) is 30.2 Å². The number of para-hydroxylation sites is 1. The number of rotatable bonds is 9. The monoisotopic (exact) mass is 431 g/mol. The molecule has 0 aliphatic rings. The maximum absolute atomic E-state index is 9.55. The molecule has 8 nitrogen and oxygen atoms in total. The summed E-state index contributed by atoms with van der Waals surface area (Å²) >= 11 is 0. The zero-order valence-electron chi connectivity index (χ0n) is 18.5. The van der Waals surface area contributed by atoms with Gasteiger partial charge in [0.05, 0.1) is 25.0 Å². The number of guanidine groups is 1. The molecule has 0 atom stereocenters. The highest BCUT2D eigenvalue weighted by molar-refractivity contribution is 5.79. The van der Waals surface area contributed by atoms with E-state index in [9.17, 15) is 5.26 Å². The van der Waals surface area contributed by atoms with Crippen LogP contribution in [0, 0.1) is 11.3 Å². The average molecular weight is 432 g/mol. The fraction of sp³-hybridized carbons (Fsp3) is 0.292. The molecule has 0 radical (unpaired) electrons. The highest BCUT2D eigenvalue weighted by Crippen LogP contribution is 2.21. The zero-order valence-corrected chi connectivity index (χ0v) is 18.5. The Morgan fingerprint density at radius 2 is 2.00 bits per heavy atom. The van der Waals surface area contributed by atoms with Gasteiger partial charge in [-0.25, -0.2) is 9.67 Å². The molecule has 0 aliphatic heterocycles. The molecule has 1 aromatic heterocycles. The Morgan fingerprint density at radius 3 is 2.72 bits per heavy atom. The first-order chi connectivity index (χ1) is 15.7. The number of benzene rings is 2. The number of aromatic nitrogens is 2. The molecule has 32 heavy (non-hydrogen) atoms. The van der Waals surface area contributed by atoms with Crippen LogP contribution in [-0.4, -0.2) is 35.9 Å². The van der Waals surface area contributed by atoms with Crippen LogP contribution in [0.25, 0.3) is 5.69 Å². The maximum atomic E-state index is 9.55. The van der Waals surface area contributed by atoms with Crippen molar-refractivity contribution in [3.05, 3.63) is 71.4 Å². The summed E-state index contributed by atoms with van der Waals surface area (Å²) in [7, 11) is 1.66. The average Bonchev–Trinajstić information content (AvgIpc) is 3.15. The van der Waals surface area contributed by atoms with Crippen LogP contribution in [0.5, 0.6) is 5.75 Å². The maximum Gasteiger partial charge on any atom is 0.191 e. The van der Waals surface area contributed by atoms with Crippen molar-refractivity contribution in [3.63, 3.8) is 0 Å². The van der Waals surface area contributed by atoms with E-state index in [1.54, 1.807) is 11.8 Å². The van der Waals surface area contributed by atoms with Gasteiger partial charge in [0.1, 0.15) is 23.2 Å². The molecule has 3 rings (SSSR count). The second-order valence-electron chi connectivity index (χ2n) is 7.14. The van der Waals surface area contributed by atoms with E-state index in [-0.39, 0.29) is 0 Å². The van der Waals surface area contributed by atoms with Crippen molar-refractivity contribution in [2.75, 3.05) is 25.9 Å². The number of nitrogens with zero attached hydrogens (tertiary/aromatic N) is 4. The summed E-state index contributed by atoms with van der Waals surface area (Å²) in [6, 6.07) is 19.7. The number of nitrogens with one attached hydrogen (secondary N) is 2. The molecule has 0 bridgehead atoms. The minimum atomic E-state index is 0.370. The molecule has 0 unspecified atom stereocenters. The number of aliphatic imine (C=N–C) groups is 1. The van der Waals surface area contributed by atoms with Crippen LogP contribution in [0.3, 0.4) is 0 Å². The number of anilines is 1. The fourth-order valence-electron chi connectivity index (χ4n) is 3.29. The lowest BCUT2D eigenvalue weighted by Gasteiger charge is -2.11. The predicted octanol–water partition coefficient (Wildman–Crippen LogP) is 3.02. The minimum Gasteiger partial charge on any atom is -0.497 e. The number of aryl methyl sites for hydroxylation is 1. The van der Waals surface area contributed by atoms with Crippen molar-refractivity contribution in [3.8, 4) is 17.5 Å². The Bertz CT molecular complexity index is 1080. The number of nitrogen functional groups attached to an aromatic ring is 1. The van der Waals surface area contributed by atoms with E-state index < -0.39 is 0 Å². The Labute approximate surface area is 188 Å². The molecular weight excluding hydrogens is 402 g/mol. The van der Waals surface area contributed by atoms with Crippen LogP contribution in [0.15, 0.2) is 59.6 Å². The van der Waals surface area contributed by atoms with Gasteiger partial charge in [-0.05, 0) is 49.6 Å². The van der Waals surface area contributed by atoms with Crippen molar-refractivity contribution in [1.82, 2.24) is 20.4 Å². The van der Waals surface area contributed by atoms with Crippen molar-refractivity contribution in [2.24, 2.45) is 4.99 Å².